The zero-order chi connectivity index (χ0) is 12.5. The number of nitrogens with zero attached hydrogens (tertiary/aromatic N) is 3. The number of aromatic nitrogens is 3. The fourth-order valence-corrected chi connectivity index (χ4v) is 2.28. The number of rotatable bonds is 2. The van der Waals surface area contributed by atoms with E-state index < -0.39 is 0 Å². The Morgan fingerprint density at radius 2 is 2.22 bits per heavy atom. The van der Waals surface area contributed by atoms with Gasteiger partial charge < -0.3 is 5.11 Å². The number of benzene rings is 1. The molecule has 1 aliphatic rings. The second-order valence-corrected chi connectivity index (χ2v) is 4.60. The van der Waals surface area contributed by atoms with Gasteiger partial charge in [0, 0.05) is 25.5 Å². The van der Waals surface area contributed by atoms with Crippen LogP contribution < -0.4 is 0 Å². The van der Waals surface area contributed by atoms with Crippen LogP contribution in [-0.4, -0.2) is 26.5 Å². The van der Waals surface area contributed by atoms with Crippen molar-refractivity contribution in [2.75, 3.05) is 6.61 Å². The lowest BCUT2D eigenvalue weighted by atomic mass is 10.0. The first kappa shape index (κ1) is 11.3. The molecule has 1 aromatic heterocycles. The van der Waals surface area contributed by atoms with Crippen molar-refractivity contribution in [2.24, 2.45) is 5.92 Å². The van der Waals surface area contributed by atoms with Crippen LogP contribution in [0.15, 0.2) is 24.3 Å². The minimum atomic E-state index is -0.306. The normalized spacial score (nSPS) is 18.7. The third kappa shape index (κ3) is 1.90. The van der Waals surface area contributed by atoms with Crippen LogP contribution >= 0.6 is 0 Å². The van der Waals surface area contributed by atoms with Crippen LogP contribution in [0.1, 0.15) is 12.2 Å². The summed E-state index contributed by atoms with van der Waals surface area (Å²) < 4.78 is 15.4. The largest absolute Gasteiger partial charge is 0.396 e. The molecule has 1 aliphatic heterocycles. The van der Waals surface area contributed by atoms with Crippen molar-refractivity contribution in [1.82, 2.24) is 14.8 Å². The number of hydrogen-bond donors (Lipinski definition) is 1. The molecule has 1 N–H and O–H groups in total. The second-order valence-electron chi connectivity index (χ2n) is 4.60. The molecule has 0 radical (unpaired) electrons. The molecule has 18 heavy (non-hydrogen) atoms. The number of aliphatic hydroxyl groups excluding tert-OH is 1. The van der Waals surface area contributed by atoms with Crippen LogP contribution in [0.2, 0.25) is 0 Å². The molecule has 0 spiro atoms. The molecular weight excluding hydrogens is 233 g/mol. The minimum absolute atomic E-state index is 0.161. The molecule has 2 heterocycles. The van der Waals surface area contributed by atoms with Crippen molar-refractivity contribution < 1.29 is 9.50 Å². The summed E-state index contributed by atoms with van der Waals surface area (Å²) in [6, 6.07) is 6.51. The number of aliphatic hydroxyl groups is 1. The van der Waals surface area contributed by atoms with E-state index in [-0.39, 0.29) is 18.3 Å². The summed E-state index contributed by atoms with van der Waals surface area (Å²) in [7, 11) is 0. The molecule has 4 nitrogen and oxygen atoms in total. The van der Waals surface area contributed by atoms with Crippen molar-refractivity contribution >= 4 is 0 Å². The summed E-state index contributed by atoms with van der Waals surface area (Å²) in [6.07, 6.45) is 1.69. The third-order valence-corrected chi connectivity index (χ3v) is 3.33. The van der Waals surface area contributed by atoms with Gasteiger partial charge in [-0.2, -0.15) is 5.10 Å². The zero-order valence-electron chi connectivity index (χ0n) is 9.88. The maximum atomic E-state index is 13.7. The highest BCUT2D eigenvalue weighted by Crippen LogP contribution is 2.23. The Morgan fingerprint density at radius 3 is 3.00 bits per heavy atom. The van der Waals surface area contributed by atoms with Gasteiger partial charge in [0.1, 0.15) is 11.6 Å². The maximum Gasteiger partial charge on any atom is 0.184 e. The molecule has 0 bridgehead atoms. The van der Waals surface area contributed by atoms with E-state index in [2.05, 4.69) is 10.1 Å². The lowest BCUT2D eigenvalue weighted by molar-refractivity contribution is 0.185. The minimum Gasteiger partial charge on any atom is -0.396 e. The van der Waals surface area contributed by atoms with Gasteiger partial charge in [-0.25, -0.2) is 14.1 Å². The number of halogens is 1. The van der Waals surface area contributed by atoms with Gasteiger partial charge in [0.2, 0.25) is 0 Å². The van der Waals surface area contributed by atoms with Gasteiger partial charge in [-0.1, -0.05) is 12.1 Å². The zero-order valence-corrected chi connectivity index (χ0v) is 9.88. The van der Waals surface area contributed by atoms with E-state index >= 15 is 0 Å². The van der Waals surface area contributed by atoms with E-state index in [9.17, 15) is 4.39 Å². The first-order valence-electron chi connectivity index (χ1n) is 6.07. The average molecular weight is 247 g/mol. The second kappa shape index (κ2) is 4.49. The molecule has 0 amide bonds. The first-order chi connectivity index (χ1) is 8.78. The molecule has 0 saturated heterocycles. The summed E-state index contributed by atoms with van der Waals surface area (Å²) in [4.78, 5) is 4.38. The molecule has 2 aromatic rings. The summed E-state index contributed by atoms with van der Waals surface area (Å²) in [5.41, 5.74) is 0.431. The summed E-state index contributed by atoms with van der Waals surface area (Å²) >= 11 is 0. The quantitative estimate of drug-likeness (QED) is 0.877. The highest BCUT2D eigenvalue weighted by molar-refractivity contribution is 5.55. The van der Waals surface area contributed by atoms with E-state index in [1.54, 1.807) is 22.9 Å². The van der Waals surface area contributed by atoms with Crippen molar-refractivity contribution in [3.05, 3.63) is 35.9 Å². The lowest BCUT2D eigenvalue weighted by Gasteiger charge is -2.19. The molecule has 0 saturated carbocycles. The average Bonchev–Trinajstić information content (AvgIpc) is 2.81. The summed E-state index contributed by atoms with van der Waals surface area (Å²) in [6.45, 7) is 0.821. The SMILES string of the molecule is OCC1CCc2nc(-c3ccccc3F)nn2C1. The molecular formula is C13H14FN3O. The molecule has 1 aromatic carbocycles. The Hall–Kier alpha value is -1.75. The van der Waals surface area contributed by atoms with Gasteiger partial charge in [-0.05, 0) is 18.6 Å². The molecule has 0 fully saturated rings. The maximum absolute atomic E-state index is 13.7. The Bertz CT molecular complexity index is 567. The standard InChI is InChI=1S/C13H14FN3O/c14-11-4-2-1-3-10(11)13-15-12-6-5-9(8-18)7-17(12)16-13/h1-4,9,18H,5-8H2. The number of aryl methyl sites for hydroxylation is 1. The van der Waals surface area contributed by atoms with E-state index in [1.165, 1.54) is 6.07 Å². The van der Waals surface area contributed by atoms with Gasteiger partial charge in [-0.3, -0.25) is 0 Å². The predicted octanol–water partition coefficient (Wildman–Crippen LogP) is 1.64. The highest BCUT2D eigenvalue weighted by atomic mass is 19.1. The first-order valence-corrected chi connectivity index (χ1v) is 6.07. The van der Waals surface area contributed by atoms with Crippen LogP contribution in [-0.2, 0) is 13.0 Å². The monoisotopic (exact) mass is 247 g/mol. The van der Waals surface area contributed by atoms with Crippen molar-refractivity contribution in [2.45, 2.75) is 19.4 Å². The van der Waals surface area contributed by atoms with Gasteiger partial charge in [0.05, 0.1) is 5.56 Å². The van der Waals surface area contributed by atoms with Gasteiger partial charge in [-0.15, -0.1) is 0 Å². The third-order valence-electron chi connectivity index (χ3n) is 3.33. The van der Waals surface area contributed by atoms with Gasteiger partial charge in [0.15, 0.2) is 5.82 Å². The summed E-state index contributed by atoms with van der Waals surface area (Å²) in [5, 5.41) is 13.5. The van der Waals surface area contributed by atoms with Gasteiger partial charge >= 0.3 is 0 Å². The molecule has 3 rings (SSSR count). The van der Waals surface area contributed by atoms with E-state index in [1.807, 2.05) is 0 Å². The van der Waals surface area contributed by atoms with Crippen molar-refractivity contribution in [3.63, 3.8) is 0 Å². The molecule has 0 aliphatic carbocycles. The van der Waals surface area contributed by atoms with E-state index in [4.69, 9.17) is 5.11 Å². The molecule has 1 atom stereocenters. The van der Waals surface area contributed by atoms with Crippen molar-refractivity contribution in [3.8, 4) is 11.4 Å². The Balaban J connectivity index is 1.97. The van der Waals surface area contributed by atoms with Crippen molar-refractivity contribution in [1.29, 1.82) is 0 Å². The molecule has 94 valence electrons. The molecule has 5 heteroatoms. The topological polar surface area (TPSA) is 50.9 Å². The Kier molecular flexibility index (Phi) is 2.83. The Morgan fingerprint density at radius 1 is 1.39 bits per heavy atom. The van der Waals surface area contributed by atoms with E-state index in [0.29, 0.717) is 17.9 Å². The van der Waals surface area contributed by atoms with Crippen LogP contribution in [0, 0.1) is 11.7 Å². The number of fused-ring (bicyclic) bond motifs is 1. The predicted molar refractivity (Wildman–Crippen MR) is 64.3 cm³/mol. The lowest BCUT2D eigenvalue weighted by Crippen LogP contribution is -2.23. The highest BCUT2D eigenvalue weighted by Gasteiger charge is 2.22. The van der Waals surface area contributed by atoms with Crippen LogP contribution in [0.4, 0.5) is 4.39 Å². The van der Waals surface area contributed by atoms with Crippen LogP contribution in [0.5, 0.6) is 0 Å². The fourth-order valence-electron chi connectivity index (χ4n) is 2.28. The summed E-state index contributed by atoms with van der Waals surface area (Å²) in [5.74, 6) is 1.23. The number of hydrogen-bond acceptors (Lipinski definition) is 3. The smallest absolute Gasteiger partial charge is 0.184 e. The van der Waals surface area contributed by atoms with E-state index in [0.717, 1.165) is 18.7 Å². The van der Waals surface area contributed by atoms with Crippen LogP contribution in [0.25, 0.3) is 11.4 Å². The fraction of sp³-hybridized carbons (Fsp3) is 0.385. The van der Waals surface area contributed by atoms with Gasteiger partial charge in [0.25, 0.3) is 0 Å². The molecule has 1 unspecified atom stereocenters. The Labute approximate surface area is 104 Å². The van der Waals surface area contributed by atoms with Crippen LogP contribution in [0.3, 0.4) is 0 Å².